The molecule has 29 heavy (non-hydrogen) atoms. The summed E-state index contributed by atoms with van der Waals surface area (Å²) >= 11 is 0. The van der Waals surface area contributed by atoms with Crippen molar-refractivity contribution in [1.82, 2.24) is 9.38 Å². The standard InChI is InChI=1S/C23H21N3O3/c1-16-7-6-12-26-14-20(25-23(16)26)17-10-11-21(28-2)19(13-17)24-22(27)15-29-18-8-4-3-5-9-18/h3-14H,15H2,1-2H3,(H,24,27). The number of methoxy groups -OCH3 is 1. The lowest BCUT2D eigenvalue weighted by molar-refractivity contribution is -0.118. The quantitative estimate of drug-likeness (QED) is 0.535. The molecular weight excluding hydrogens is 366 g/mol. The lowest BCUT2D eigenvalue weighted by Crippen LogP contribution is -2.20. The van der Waals surface area contributed by atoms with Crippen LogP contribution < -0.4 is 14.8 Å². The zero-order chi connectivity index (χ0) is 20.2. The van der Waals surface area contributed by atoms with Crippen LogP contribution in [-0.2, 0) is 4.79 Å². The van der Waals surface area contributed by atoms with Crippen molar-refractivity contribution in [2.45, 2.75) is 6.92 Å². The molecule has 6 heteroatoms. The first-order chi connectivity index (χ1) is 14.1. The third kappa shape index (κ3) is 4.06. The number of nitrogens with one attached hydrogen (secondary N) is 1. The number of hydrogen-bond acceptors (Lipinski definition) is 4. The molecule has 2 heterocycles. The highest BCUT2D eigenvalue weighted by Crippen LogP contribution is 2.30. The van der Waals surface area contributed by atoms with Crippen molar-refractivity contribution in [3.8, 4) is 22.8 Å². The molecule has 0 atom stereocenters. The second kappa shape index (κ2) is 8.06. The zero-order valence-electron chi connectivity index (χ0n) is 16.3. The minimum atomic E-state index is -0.268. The Kier molecular flexibility index (Phi) is 5.16. The smallest absolute Gasteiger partial charge is 0.262 e. The Labute approximate surface area is 168 Å². The van der Waals surface area contributed by atoms with Gasteiger partial charge >= 0.3 is 0 Å². The summed E-state index contributed by atoms with van der Waals surface area (Å²) in [6.45, 7) is 1.93. The van der Waals surface area contributed by atoms with Gasteiger partial charge in [0.05, 0.1) is 18.5 Å². The summed E-state index contributed by atoms with van der Waals surface area (Å²) in [5.41, 5.74) is 4.27. The number of para-hydroxylation sites is 1. The van der Waals surface area contributed by atoms with Gasteiger partial charge in [-0.05, 0) is 48.9 Å². The van der Waals surface area contributed by atoms with Crippen LogP contribution in [0.2, 0.25) is 0 Å². The maximum absolute atomic E-state index is 12.4. The molecule has 0 fully saturated rings. The van der Waals surface area contributed by atoms with E-state index in [1.54, 1.807) is 19.2 Å². The summed E-state index contributed by atoms with van der Waals surface area (Å²) in [6.07, 6.45) is 3.93. The van der Waals surface area contributed by atoms with E-state index in [2.05, 4.69) is 5.32 Å². The molecule has 146 valence electrons. The largest absolute Gasteiger partial charge is 0.495 e. The minimum Gasteiger partial charge on any atom is -0.495 e. The summed E-state index contributed by atoms with van der Waals surface area (Å²) in [6, 6.07) is 18.8. The van der Waals surface area contributed by atoms with Gasteiger partial charge in [-0.3, -0.25) is 4.79 Å². The fourth-order valence-electron chi connectivity index (χ4n) is 3.11. The highest BCUT2D eigenvalue weighted by molar-refractivity contribution is 5.94. The van der Waals surface area contributed by atoms with Crippen molar-refractivity contribution in [2.24, 2.45) is 0 Å². The summed E-state index contributed by atoms with van der Waals surface area (Å²) < 4.78 is 12.9. The molecule has 2 aromatic carbocycles. The first-order valence-electron chi connectivity index (χ1n) is 9.24. The van der Waals surface area contributed by atoms with Crippen LogP contribution in [0.1, 0.15) is 5.56 Å². The van der Waals surface area contributed by atoms with Crippen LogP contribution in [0.25, 0.3) is 16.9 Å². The van der Waals surface area contributed by atoms with E-state index in [1.165, 1.54) is 0 Å². The molecule has 0 saturated carbocycles. The van der Waals surface area contributed by atoms with Gasteiger partial charge in [0.1, 0.15) is 17.1 Å². The Morgan fingerprint density at radius 3 is 2.69 bits per heavy atom. The van der Waals surface area contributed by atoms with Gasteiger partial charge in [0.15, 0.2) is 6.61 Å². The summed E-state index contributed by atoms with van der Waals surface area (Å²) in [4.78, 5) is 17.1. The van der Waals surface area contributed by atoms with Gasteiger partial charge in [-0.2, -0.15) is 0 Å². The number of benzene rings is 2. The molecule has 0 bridgehead atoms. The number of ether oxygens (including phenoxy) is 2. The molecule has 2 aromatic heterocycles. The Balaban J connectivity index is 1.56. The molecule has 4 aromatic rings. The number of carbonyl (C=O) groups is 1. The van der Waals surface area contributed by atoms with Gasteiger partial charge in [0, 0.05) is 18.0 Å². The molecule has 0 saturated heterocycles. The number of imidazole rings is 1. The fourth-order valence-corrected chi connectivity index (χ4v) is 3.11. The van der Waals surface area contributed by atoms with Crippen molar-refractivity contribution >= 4 is 17.2 Å². The van der Waals surface area contributed by atoms with Crippen LogP contribution in [0.3, 0.4) is 0 Å². The van der Waals surface area contributed by atoms with Crippen molar-refractivity contribution in [1.29, 1.82) is 0 Å². The van der Waals surface area contributed by atoms with Gasteiger partial charge in [0.25, 0.3) is 5.91 Å². The van der Waals surface area contributed by atoms with Crippen LogP contribution in [-0.4, -0.2) is 29.0 Å². The third-order valence-corrected chi connectivity index (χ3v) is 4.56. The summed E-state index contributed by atoms with van der Waals surface area (Å²) in [5.74, 6) is 0.945. The van der Waals surface area contributed by atoms with Crippen molar-refractivity contribution in [3.63, 3.8) is 0 Å². The first-order valence-corrected chi connectivity index (χ1v) is 9.24. The number of fused-ring (bicyclic) bond motifs is 1. The highest BCUT2D eigenvalue weighted by atomic mass is 16.5. The number of rotatable bonds is 6. The average Bonchev–Trinajstić information content (AvgIpc) is 3.19. The summed E-state index contributed by atoms with van der Waals surface area (Å²) in [7, 11) is 1.57. The van der Waals surface area contributed by atoms with Crippen LogP contribution in [0.4, 0.5) is 5.69 Å². The Morgan fingerprint density at radius 2 is 1.93 bits per heavy atom. The Hall–Kier alpha value is -3.80. The van der Waals surface area contributed by atoms with Crippen molar-refractivity contribution < 1.29 is 14.3 Å². The van der Waals surface area contributed by atoms with E-state index in [0.717, 1.165) is 22.5 Å². The maximum atomic E-state index is 12.4. The van der Waals surface area contributed by atoms with Crippen LogP contribution in [0.5, 0.6) is 11.5 Å². The van der Waals surface area contributed by atoms with Gasteiger partial charge in [-0.25, -0.2) is 4.98 Å². The number of carbonyl (C=O) groups excluding carboxylic acids is 1. The van der Waals surface area contributed by atoms with Crippen molar-refractivity contribution in [2.75, 3.05) is 19.0 Å². The van der Waals surface area contributed by atoms with Gasteiger partial charge in [0.2, 0.25) is 0 Å². The predicted octanol–water partition coefficient (Wildman–Crippen LogP) is 4.34. The highest BCUT2D eigenvalue weighted by Gasteiger charge is 2.12. The van der Waals surface area contributed by atoms with Gasteiger partial charge in [-0.1, -0.05) is 24.3 Å². The normalized spacial score (nSPS) is 10.7. The number of aryl methyl sites for hydroxylation is 1. The number of pyridine rings is 1. The van der Waals surface area contributed by atoms with Crippen molar-refractivity contribution in [3.05, 3.63) is 78.6 Å². The molecule has 0 radical (unpaired) electrons. The molecule has 0 aliphatic carbocycles. The Morgan fingerprint density at radius 1 is 1.10 bits per heavy atom. The fraction of sp³-hybridized carbons (Fsp3) is 0.130. The average molecular weight is 387 g/mol. The van der Waals surface area contributed by atoms with Crippen LogP contribution >= 0.6 is 0 Å². The SMILES string of the molecule is COc1ccc(-c2cn3cccc(C)c3n2)cc1NC(=O)COc1ccccc1. The van der Waals surface area contributed by atoms with E-state index in [9.17, 15) is 4.79 Å². The van der Waals surface area contributed by atoms with E-state index in [-0.39, 0.29) is 12.5 Å². The van der Waals surface area contributed by atoms with Crippen LogP contribution in [0, 0.1) is 6.92 Å². The molecule has 1 N–H and O–H groups in total. The first kappa shape index (κ1) is 18.6. The van der Waals surface area contributed by atoms with Gasteiger partial charge < -0.3 is 19.2 Å². The molecule has 0 unspecified atom stereocenters. The van der Waals surface area contributed by atoms with Crippen LogP contribution in [0.15, 0.2) is 73.1 Å². The number of aromatic nitrogens is 2. The maximum Gasteiger partial charge on any atom is 0.262 e. The minimum absolute atomic E-state index is 0.0923. The molecule has 0 aliphatic heterocycles. The lowest BCUT2D eigenvalue weighted by Gasteiger charge is -2.12. The number of anilines is 1. The molecular formula is C23H21N3O3. The van der Waals surface area contributed by atoms with E-state index in [0.29, 0.717) is 17.2 Å². The second-order valence-electron chi connectivity index (χ2n) is 6.61. The molecule has 0 aliphatic rings. The van der Waals surface area contributed by atoms with E-state index in [4.69, 9.17) is 14.5 Å². The second-order valence-corrected chi connectivity index (χ2v) is 6.61. The zero-order valence-corrected chi connectivity index (χ0v) is 16.3. The molecule has 1 amide bonds. The topological polar surface area (TPSA) is 64.9 Å². The monoisotopic (exact) mass is 387 g/mol. The number of nitrogens with zero attached hydrogens (tertiary/aromatic N) is 2. The molecule has 4 rings (SSSR count). The summed E-state index contributed by atoms with van der Waals surface area (Å²) in [5, 5.41) is 2.86. The van der Waals surface area contributed by atoms with E-state index < -0.39 is 0 Å². The number of hydrogen-bond donors (Lipinski definition) is 1. The van der Waals surface area contributed by atoms with Gasteiger partial charge in [-0.15, -0.1) is 0 Å². The predicted molar refractivity (Wildman–Crippen MR) is 112 cm³/mol. The van der Waals surface area contributed by atoms with E-state index >= 15 is 0 Å². The lowest BCUT2D eigenvalue weighted by atomic mass is 10.1. The number of amides is 1. The third-order valence-electron chi connectivity index (χ3n) is 4.56. The molecule has 0 spiro atoms. The Bertz CT molecular complexity index is 1150. The molecule has 6 nitrogen and oxygen atoms in total. The van der Waals surface area contributed by atoms with E-state index in [1.807, 2.05) is 72.2 Å².